The standard InChI is InChI=1S/C16H18N6O4/c1-16(2)7-13(12(9-17)10-18)14(11-19)15(8-16)20(3-5-21(23)24)4-6-22(25)26/h3-8H2,1-2H3. The first kappa shape index (κ1) is 20.6. The Morgan fingerprint density at radius 2 is 1.58 bits per heavy atom. The molecule has 0 atom stereocenters. The fourth-order valence-corrected chi connectivity index (χ4v) is 2.91. The highest BCUT2D eigenvalue weighted by Gasteiger charge is 2.35. The molecule has 0 N–H and O–H groups in total. The minimum Gasteiger partial charge on any atom is -0.361 e. The van der Waals surface area contributed by atoms with Gasteiger partial charge in [-0.15, -0.1) is 0 Å². The third-order valence-electron chi connectivity index (χ3n) is 4.02. The molecule has 0 amide bonds. The van der Waals surface area contributed by atoms with Gasteiger partial charge in [-0.25, -0.2) is 0 Å². The molecule has 0 radical (unpaired) electrons. The second kappa shape index (κ2) is 8.59. The first-order valence-corrected chi connectivity index (χ1v) is 7.80. The average molecular weight is 358 g/mol. The zero-order valence-electron chi connectivity index (χ0n) is 14.6. The van der Waals surface area contributed by atoms with Gasteiger partial charge in [0.15, 0.2) is 0 Å². The molecule has 136 valence electrons. The Morgan fingerprint density at radius 3 is 1.96 bits per heavy atom. The van der Waals surface area contributed by atoms with Gasteiger partial charge in [-0.3, -0.25) is 20.2 Å². The first-order chi connectivity index (χ1) is 12.1. The van der Waals surface area contributed by atoms with E-state index in [9.17, 15) is 36.0 Å². The summed E-state index contributed by atoms with van der Waals surface area (Å²) in [4.78, 5) is 21.9. The van der Waals surface area contributed by atoms with Crippen molar-refractivity contribution in [2.75, 3.05) is 26.2 Å². The number of hydrogen-bond donors (Lipinski definition) is 0. The molecular formula is C16H18N6O4. The van der Waals surface area contributed by atoms with E-state index in [4.69, 9.17) is 0 Å². The summed E-state index contributed by atoms with van der Waals surface area (Å²) in [5.74, 6) is 0. The molecule has 0 fully saturated rings. The van der Waals surface area contributed by atoms with E-state index in [2.05, 4.69) is 0 Å². The van der Waals surface area contributed by atoms with Gasteiger partial charge < -0.3 is 4.90 Å². The Balaban J connectivity index is 3.50. The molecule has 0 saturated carbocycles. The van der Waals surface area contributed by atoms with Crippen LogP contribution in [0, 0.1) is 59.6 Å². The van der Waals surface area contributed by atoms with Gasteiger partial charge in [0, 0.05) is 21.1 Å². The molecule has 0 bridgehead atoms. The summed E-state index contributed by atoms with van der Waals surface area (Å²) in [7, 11) is 0. The summed E-state index contributed by atoms with van der Waals surface area (Å²) >= 11 is 0. The Bertz CT molecular complexity index is 757. The predicted octanol–water partition coefficient (Wildman–Crippen LogP) is 1.78. The Morgan fingerprint density at radius 1 is 1.08 bits per heavy atom. The van der Waals surface area contributed by atoms with Crippen LogP contribution in [0.25, 0.3) is 0 Å². The Kier molecular flexibility index (Phi) is 6.80. The molecule has 0 aromatic carbocycles. The predicted molar refractivity (Wildman–Crippen MR) is 89.2 cm³/mol. The normalized spacial score (nSPS) is 15.4. The van der Waals surface area contributed by atoms with Crippen molar-refractivity contribution in [1.82, 2.24) is 4.90 Å². The summed E-state index contributed by atoms with van der Waals surface area (Å²) in [5, 5.41) is 49.4. The number of hydrogen-bond acceptors (Lipinski definition) is 8. The summed E-state index contributed by atoms with van der Waals surface area (Å²) in [6, 6.07) is 5.55. The Labute approximate surface area is 150 Å². The number of nitro groups is 2. The van der Waals surface area contributed by atoms with E-state index in [1.807, 2.05) is 19.9 Å². The van der Waals surface area contributed by atoms with E-state index in [1.54, 1.807) is 12.1 Å². The van der Waals surface area contributed by atoms with Crippen LogP contribution in [-0.2, 0) is 0 Å². The highest BCUT2D eigenvalue weighted by Crippen LogP contribution is 2.43. The molecule has 0 unspecified atom stereocenters. The minimum absolute atomic E-state index is 0.0981. The summed E-state index contributed by atoms with van der Waals surface area (Å²) in [6.45, 7) is 2.68. The highest BCUT2D eigenvalue weighted by molar-refractivity contribution is 5.57. The van der Waals surface area contributed by atoms with Crippen molar-refractivity contribution in [3.63, 3.8) is 0 Å². The van der Waals surface area contributed by atoms with Crippen LogP contribution >= 0.6 is 0 Å². The molecule has 1 aliphatic carbocycles. The van der Waals surface area contributed by atoms with Gasteiger partial charge >= 0.3 is 0 Å². The van der Waals surface area contributed by atoms with Crippen LogP contribution in [0.1, 0.15) is 26.7 Å². The third-order valence-corrected chi connectivity index (χ3v) is 4.02. The third kappa shape index (κ3) is 5.29. The fourth-order valence-electron chi connectivity index (χ4n) is 2.91. The lowest BCUT2D eigenvalue weighted by molar-refractivity contribution is -0.486. The molecular weight excluding hydrogens is 340 g/mol. The maximum absolute atomic E-state index is 10.7. The number of allylic oxidation sites excluding steroid dienone is 4. The lowest BCUT2D eigenvalue weighted by atomic mass is 9.72. The maximum atomic E-state index is 10.7. The second-order valence-electron chi connectivity index (χ2n) is 6.63. The zero-order valence-corrected chi connectivity index (χ0v) is 14.6. The molecule has 10 heteroatoms. The van der Waals surface area contributed by atoms with E-state index in [0.717, 1.165) is 0 Å². The van der Waals surface area contributed by atoms with Crippen LogP contribution in [0.3, 0.4) is 0 Å². The molecule has 10 nitrogen and oxygen atoms in total. The monoisotopic (exact) mass is 358 g/mol. The molecule has 0 aromatic rings. The first-order valence-electron chi connectivity index (χ1n) is 7.80. The fraction of sp³-hybridized carbons (Fsp3) is 0.562. The van der Waals surface area contributed by atoms with Gasteiger partial charge in [-0.05, 0) is 18.3 Å². The van der Waals surface area contributed by atoms with Gasteiger partial charge in [0.2, 0.25) is 13.1 Å². The van der Waals surface area contributed by atoms with E-state index >= 15 is 0 Å². The van der Waals surface area contributed by atoms with Crippen molar-refractivity contribution in [2.45, 2.75) is 26.7 Å². The molecule has 0 heterocycles. The van der Waals surface area contributed by atoms with Crippen molar-refractivity contribution in [3.05, 3.63) is 42.6 Å². The van der Waals surface area contributed by atoms with Gasteiger partial charge in [0.1, 0.15) is 23.8 Å². The van der Waals surface area contributed by atoms with Crippen molar-refractivity contribution >= 4 is 0 Å². The molecule has 1 aliphatic rings. The van der Waals surface area contributed by atoms with Gasteiger partial charge in [0.25, 0.3) is 0 Å². The molecule has 0 spiro atoms. The van der Waals surface area contributed by atoms with Crippen LogP contribution in [0.4, 0.5) is 0 Å². The van der Waals surface area contributed by atoms with Crippen LogP contribution < -0.4 is 0 Å². The van der Waals surface area contributed by atoms with E-state index in [-0.39, 0.29) is 29.8 Å². The van der Waals surface area contributed by atoms with Crippen molar-refractivity contribution < 1.29 is 9.85 Å². The lowest BCUT2D eigenvalue weighted by Gasteiger charge is -2.37. The largest absolute Gasteiger partial charge is 0.361 e. The average Bonchev–Trinajstić information content (AvgIpc) is 2.54. The number of nitrogens with zero attached hydrogens (tertiary/aromatic N) is 6. The number of rotatable bonds is 7. The summed E-state index contributed by atoms with van der Waals surface area (Å²) in [5.41, 5.74) is 0.205. The zero-order chi connectivity index (χ0) is 19.9. The van der Waals surface area contributed by atoms with Crippen LogP contribution in [0.15, 0.2) is 22.4 Å². The van der Waals surface area contributed by atoms with E-state index in [0.29, 0.717) is 18.5 Å². The lowest BCUT2D eigenvalue weighted by Crippen LogP contribution is -2.37. The summed E-state index contributed by atoms with van der Waals surface area (Å²) in [6.07, 6.45) is 0.688. The van der Waals surface area contributed by atoms with Crippen molar-refractivity contribution in [2.24, 2.45) is 5.41 Å². The molecule has 0 aliphatic heterocycles. The van der Waals surface area contributed by atoms with Crippen molar-refractivity contribution in [1.29, 1.82) is 15.8 Å². The topological polar surface area (TPSA) is 161 Å². The molecule has 0 saturated heterocycles. The SMILES string of the molecule is CC1(C)CC(=C(C#N)C#N)C(C#N)=C(N(CC[N+](=O)[O-])CC[N+](=O)[O-])C1. The van der Waals surface area contributed by atoms with Crippen molar-refractivity contribution in [3.8, 4) is 18.2 Å². The van der Waals surface area contributed by atoms with Crippen LogP contribution in [0.5, 0.6) is 0 Å². The van der Waals surface area contributed by atoms with Gasteiger partial charge in [-0.1, -0.05) is 13.8 Å². The molecule has 0 aromatic heterocycles. The second-order valence-corrected chi connectivity index (χ2v) is 6.63. The van der Waals surface area contributed by atoms with E-state index in [1.165, 1.54) is 4.90 Å². The minimum atomic E-state index is -0.535. The van der Waals surface area contributed by atoms with Crippen LogP contribution in [-0.4, -0.2) is 40.9 Å². The molecule has 1 rings (SSSR count). The quantitative estimate of drug-likeness (QED) is 0.378. The van der Waals surface area contributed by atoms with Gasteiger partial charge in [-0.2, -0.15) is 15.8 Å². The molecule has 26 heavy (non-hydrogen) atoms. The van der Waals surface area contributed by atoms with Gasteiger partial charge in [0.05, 0.1) is 18.7 Å². The highest BCUT2D eigenvalue weighted by atomic mass is 16.6. The summed E-state index contributed by atoms with van der Waals surface area (Å²) < 4.78 is 0. The maximum Gasteiger partial charge on any atom is 0.221 e. The van der Waals surface area contributed by atoms with Crippen LogP contribution in [0.2, 0.25) is 0 Å². The van der Waals surface area contributed by atoms with E-state index < -0.39 is 28.4 Å². The number of nitriles is 3. The Hall–Kier alpha value is -3.45. The smallest absolute Gasteiger partial charge is 0.221 e.